The smallest absolute Gasteiger partial charge is 0.220 e. The maximum Gasteiger partial charge on any atom is 0.220 e. The average Bonchev–Trinajstić information content (AvgIpc) is 2.83. The topological polar surface area (TPSA) is 29.1 Å². The lowest BCUT2D eigenvalue weighted by atomic mass is 9.87. The second-order valence-electron chi connectivity index (χ2n) is 4.94. The van der Waals surface area contributed by atoms with E-state index < -0.39 is 0 Å². The van der Waals surface area contributed by atoms with Crippen LogP contribution in [0.25, 0.3) is 0 Å². The molecule has 1 N–H and O–H groups in total. The number of carbonyl (C=O) groups is 1. The number of hydrogen-bond acceptors (Lipinski definition) is 2. The first-order valence-corrected chi connectivity index (χ1v) is 7.56. The fourth-order valence-electron chi connectivity index (χ4n) is 2.51. The summed E-state index contributed by atoms with van der Waals surface area (Å²) < 4.78 is 0. The van der Waals surface area contributed by atoms with Gasteiger partial charge < -0.3 is 5.32 Å². The number of carbonyl (C=O) groups excluding carboxylic acids is 1. The Morgan fingerprint density at radius 2 is 2.18 bits per heavy atom. The predicted molar refractivity (Wildman–Crippen MR) is 72.2 cm³/mol. The van der Waals surface area contributed by atoms with Gasteiger partial charge in [0.25, 0.3) is 0 Å². The van der Waals surface area contributed by atoms with Crippen LogP contribution in [-0.4, -0.2) is 12.5 Å². The van der Waals surface area contributed by atoms with Gasteiger partial charge in [-0.05, 0) is 47.6 Å². The molecule has 17 heavy (non-hydrogen) atoms. The van der Waals surface area contributed by atoms with Gasteiger partial charge in [-0.3, -0.25) is 4.79 Å². The van der Waals surface area contributed by atoms with Crippen molar-refractivity contribution >= 4 is 17.2 Å². The molecule has 0 aliphatic heterocycles. The van der Waals surface area contributed by atoms with Gasteiger partial charge in [0.1, 0.15) is 0 Å². The first-order chi connectivity index (χ1) is 8.34. The van der Waals surface area contributed by atoms with E-state index in [9.17, 15) is 4.79 Å². The van der Waals surface area contributed by atoms with Crippen LogP contribution in [0.2, 0.25) is 0 Å². The highest BCUT2D eigenvalue weighted by molar-refractivity contribution is 7.07. The van der Waals surface area contributed by atoms with Crippen LogP contribution >= 0.6 is 11.3 Å². The van der Waals surface area contributed by atoms with E-state index >= 15 is 0 Å². The molecule has 0 spiro atoms. The van der Waals surface area contributed by atoms with Crippen LogP contribution in [0.3, 0.4) is 0 Å². The standard InChI is InChI=1S/C14H21NOS/c16-14(10-12-4-2-1-3-5-12)15-8-6-13-7-9-17-11-13/h7,9,11-12H,1-6,8,10H2,(H,15,16). The molecule has 94 valence electrons. The number of amides is 1. The van der Waals surface area contributed by atoms with E-state index in [1.807, 2.05) is 0 Å². The van der Waals surface area contributed by atoms with Crippen molar-refractivity contribution in [1.29, 1.82) is 0 Å². The minimum Gasteiger partial charge on any atom is -0.356 e. The van der Waals surface area contributed by atoms with Gasteiger partial charge in [-0.1, -0.05) is 19.3 Å². The third kappa shape index (κ3) is 4.50. The summed E-state index contributed by atoms with van der Waals surface area (Å²) in [6, 6.07) is 2.12. The first-order valence-electron chi connectivity index (χ1n) is 6.62. The average molecular weight is 251 g/mol. The zero-order valence-corrected chi connectivity index (χ0v) is 11.1. The molecule has 1 aromatic rings. The molecule has 2 rings (SSSR count). The van der Waals surface area contributed by atoms with E-state index in [0.717, 1.165) is 19.4 Å². The summed E-state index contributed by atoms with van der Waals surface area (Å²) in [5.41, 5.74) is 1.33. The molecule has 0 radical (unpaired) electrons. The van der Waals surface area contributed by atoms with Crippen LogP contribution in [0.1, 0.15) is 44.1 Å². The van der Waals surface area contributed by atoms with Crippen LogP contribution < -0.4 is 5.32 Å². The lowest BCUT2D eigenvalue weighted by Crippen LogP contribution is -2.28. The Hall–Kier alpha value is -0.830. The van der Waals surface area contributed by atoms with Crippen LogP contribution in [0.5, 0.6) is 0 Å². The fourth-order valence-corrected chi connectivity index (χ4v) is 3.21. The van der Waals surface area contributed by atoms with Gasteiger partial charge in [-0.2, -0.15) is 11.3 Å². The van der Waals surface area contributed by atoms with Crippen molar-refractivity contribution in [2.45, 2.75) is 44.9 Å². The minimum atomic E-state index is 0.243. The molecule has 1 saturated carbocycles. The first kappa shape index (κ1) is 12.6. The fraction of sp³-hybridized carbons (Fsp3) is 0.643. The molecule has 0 saturated heterocycles. The van der Waals surface area contributed by atoms with Crippen molar-refractivity contribution in [2.75, 3.05) is 6.54 Å². The molecule has 0 bridgehead atoms. The number of hydrogen-bond donors (Lipinski definition) is 1. The van der Waals surface area contributed by atoms with Gasteiger partial charge in [0.2, 0.25) is 5.91 Å². The molecule has 1 aliphatic carbocycles. The molecule has 0 aromatic carbocycles. The van der Waals surface area contributed by atoms with Crippen LogP contribution in [-0.2, 0) is 11.2 Å². The highest BCUT2D eigenvalue weighted by atomic mass is 32.1. The van der Waals surface area contributed by atoms with E-state index in [1.54, 1.807) is 11.3 Å². The van der Waals surface area contributed by atoms with Crippen molar-refractivity contribution < 1.29 is 4.79 Å². The lowest BCUT2D eigenvalue weighted by molar-refractivity contribution is -0.122. The van der Waals surface area contributed by atoms with Crippen LogP contribution in [0.15, 0.2) is 16.8 Å². The molecule has 0 atom stereocenters. The van der Waals surface area contributed by atoms with Gasteiger partial charge in [0, 0.05) is 13.0 Å². The van der Waals surface area contributed by atoms with E-state index in [0.29, 0.717) is 5.92 Å². The molecule has 1 amide bonds. The Balaban J connectivity index is 1.60. The van der Waals surface area contributed by atoms with Crippen molar-refractivity contribution in [2.24, 2.45) is 5.92 Å². The van der Waals surface area contributed by atoms with Crippen molar-refractivity contribution in [3.8, 4) is 0 Å². The van der Waals surface area contributed by atoms with Gasteiger partial charge >= 0.3 is 0 Å². The highest BCUT2D eigenvalue weighted by Gasteiger charge is 2.16. The summed E-state index contributed by atoms with van der Waals surface area (Å²) >= 11 is 1.71. The number of rotatable bonds is 5. The SMILES string of the molecule is O=C(CC1CCCCC1)NCCc1ccsc1. The third-order valence-corrected chi connectivity index (χ3v) is 4.25. The monoisotopic (exact) mass is 251 g/mol. The predicted octanol–water partition coefficient (Wildman–Crippen LogP) is 3.38. The maximum atomic E-state index is 11.7. The maximum absolute atomic E-state index is 11.7. The second kappa shape index (κ2) is 6.80. The number of thiophene rings is 1. The minimum absolute atomic E-state index is 0.243. The van der Waals surface area contributed by atoms with Gasteiger partial charge in [-0.15, -0.1) is 0 Å². The summed E-state index contributed by atoms with van der Waals surface area (Å²) in [6.45, 7) is 0.780. The van der Waals surface area contributed by atoms with Gasteiger partial charge in [-0.25, -0.2) is 0 Å². The van der Waals surface area contributed by atoms with Crippen LogP contribution in [0, 0.1) is 5.92 Å². The number of nitrogens with one attached hydrogen (secondary N) is 1. The Labute approximate surface area is 107 Å². The summed E-state index contributed by atoms with van der Waals surface area (Å²) in [5, 5.41) is 7.26. The van der Waals surface area contributed by atoms with Gasteiger partial charge in [0.15, 0.2) is 0 Å². The van der Waals surface area contributed by atoms with E-state index in [2.05, 4.69) is 22.1 Å². The zero-order valence-electron chi connectivity index (χ0n) is 10.3. The molecule has 1 fully saturated rings. The Bertz CT molecular complexity index is 328. The van der Waals surface area contributed by atoms with Crippen molar-refractivity contribution in [3.05, 3.63) is 22.4 Å². The highest BCUT2D eigenvalue weighted by Crippen LogP contribution is 2.25. The third-order valence-electron chi connectivity index (χ3n) is 3.51. The Morgan fingerprint density at radius 3 is 2.88 bits per heavy atom. The van der Waals surface area contributed by atoms with E-state index in [1.165, 1.54) is 37.7 Å². The summed E-state index contributed by atoms with van der Waals surface area (Å²) in [7, 11) is 0. The molecule has 2 nitrogen and oxygen atoms in total. The Morgan fingerprint density at radius 1 is 1.35 bits per heavy atom. The lowest BCUT2D eigenvalue weighted by Gasteiger charge is -2.20. The summed E-state index contributed by atoms with van der Waals surface area (Å²) in [6.07, 6.45) is 8.18. The van der Waals surface area contributed by atoms with E-state index in [4.69, 9.17) is 0 Å². The molecular weight excluding hydrogens is 230 g/mol. The summed E-state index contributed by atoms with van der Waals surface area (Å²) in [5.74, 6) is 0.886. The van der Waals surface area contributed by atoms with Gasteiger partial charge in [0.05, 0.1) is 0 Å². The second-order valence-corrected chi connectivity index (χ2v) is 5.72. The summed E-state index contributed by atoms with van der Waals surface area (Å²) in [4.78, 5) is 11.7. The molecule has 3 heteroatoms. The Kier molecular flexibility index (Phi) is 5.05. The zero-order chi connectivity index (χ0) is 11.9. The van der Waals surface area contributed by atoms with Crippen LogP contribution in [0.4, 0.5) is 0 Å². The molecule has 0 unspecified atom stereocenters. The molecule has 1 heterocycles. The normalized spacial score (nSPS) is 16.9. The van der Waals surface area contributed by atoms with E-state index in [-0.39, 0.29) is 5.91 Å². The van der Waals surface area contributed by atoms with Crippen molar-refractivity contribution in [1.82, 2.24) is 5.32 Å². The quantitative estimate of drug-likeness (QED) is 0.854. The molecular formula is C14H21NOS. The molecule has 1 aromatic heterocycles. The largest absolute Gasteiger partial charge is 0.356 e. The van der Waals surface area contributed by atoms with Crippen molar-refractivity contribution in [3.63, 3.8) is 0 Å². The molecule has 1 aliphatic rings.